The van der Waals surface area contributed by atoms with Crippen molar-refractivity contribution in [3.05, 3.63) is 51.4 Å². The van der Waals surface area contributed by atoms with Crippen LogP contribution in [0.1, 0.15) is 41.8 Å². The van der Waals surface area contributed by atoms with Crippen molar-refractivity contribution in [2.75, 3.05) is 19.0 Å². The second-order valence-electron chi connectivity index (χ2n) is 7.33. The number of hydrogen-bond donors (Lipinski definition) is 1. The average Bonchev–Trinajstić information content (AvgIpc) is 3.29. The van der Waals surface area contributed by atoms with Gasteiger partial charge in [-0.2, -0.15) is 4.31 Å². The summed E-state index contributed by atoms with van der Waals surface area (Å²) in [5.41, 5.74) is 0.0861. The third-order valence-corrected chi connectivity index (χ3v) is 8.20. The fraction of sp³-hybridized carbons (Fsp3) is 0.400. The van der Waals surface area contributed by atoms with Gasteiger partial charge in [-0.05, 0) is 31.0 Å². The Hall–Kier alpha value is -2.83. The van der Waals surface area contributed by atoms with Gasteiger partial charge >= 0.3 is 11.0 Å². The van der Waals surface area contributed by atoms with Crippen LogP contribution in [-0.4, -0.2) is 49.2 Å². The third kappa shape index (κ3) is 5.50. The van der Waals surface area contributed by atoms with Crippen molar-refractivity contribution >= 4 is 43.9 Å². The molecule has 0 atom stereocenters. The first kappa shape index (κ1) is 23.8. The van der Waals surface area contributed by atoms with E-state index in [0.29, 0.717) is 11.3 Å². The van der Waals surface area contributed by atoms with Crippen LogP contribution >= 0.6 is 11.3 Å². The van der Waals surface area contributed by atoms with E-state index in [9.17, 15) is 28.1 Å². The number of nitrogens with zero attached hydrogens (tertiary/aromatic N) is 2. The Morgan fingerprint density at radius 1 is 1.19 bits per heavy atom. The van der Waals surface area contributed by atoms with E-state index in [1.54, 1.807) is 19.2 Å². The van der Waals surface area contributed by atoms with Gasteiger partial charge in [-0.3, -0.25) is 14.9 Å². The summed E-state index contributed by atoms with van der Waals surface area (Å²) in [4.78, 5) is 34.4. The first-order chi connectivity index (χ1) is 15.2. The molecule has 2 aromatic rings. The van der Waals surface area contributed by atoms with Gasteiger partial charge in [-0.1, -0.05) is 42.7 Å². The quantitative estimate of drug-likeness (QED) is 0.347. The van der Waals surface area contributed by atoms with Crippen molar-refractivity contribution in [3.8, 4) is 0 Å². The molecule has 32 heavy (non-hydrogen) atoms. The molecule has 0 saturated heterocycles. The number of carbonyl (C=O) groups excluding carboxylic acids is 2. The van der Waals surface area contributed by atoms with E-state index >= 15 is 0 Å². The Morgan fingerprint density at radius 3 is 2.53 bits per heavy atom. The predicted molar refractivity (Wildman–Crippen MR) is 118 cm³/mol. The summed E-state index contributed by atoms with van der Waals surface area (Å²) in [6, 6.07) is 8.36. The van der Waals surface area contributed by atoms with Gasteiger partial charge in [0.25, 0.3) is 5.91 Å². The molecule has 1 aromatic carbocycles. The molecule has 0 radical (unpaired) electrons. The van der Waals surface area contributed by atoms with Crippen molar-refractivity contribution in [1.82, 2.24) is 4.31 Å². The fourth-order valence-electron chi connectivity index (χ4n) is 3.51. The summed E-state index contributed by atoms with van der Waals surface area (Å²) in [6.45, 7) is -0.669. The highest BCUT2D eigenvalue weighted by Crippen LogP contribution is 2.30. The van der Waals surface area contributed by atoms with Gasteiger partial charge in [0.15, 0.2) is 6.61 Å². The van der Waals surface area contributed by atoms with Gasteiger partial charge in [0, 0.05) is 19.2 Å². The Morgan fingerprint density at radius 2 is 1.88 bits per heavy atom. The molecule has 1 fully saturated rings. The van der Waals surface area contributed by atoms with E-state index in [1.165, 1.54) is 28.6 Å². The molecule has 12 heteroatoms. The van der Waals surface area contributed by atoms with E-state index in [1.807, 2.05) is 0 Å². The van der Waals surface area contributed by atoms with E-state index in [0.717, 1.165) is 32.1 Å². The number of sulfonamides is 1. The minimum Gasteiger partial charge on any atom is -0.451 e. The number of amides is 1. The molecule has 0 spiro atoms. The molecular formula is C20H23N3O7S2. The Labute approximate surface area is 189 Å². The van der Waals surface area contributed by atoms with Gasteiger partial charge in [0.1, 0.15) is 9.77 Å². The standard InChI is InChI=1S/C20H23N3O7S2/c1-22(14-7-3-2-4-8-14)32(28,29)17-10-6-5-9-15(17)21-18(24)13-30-20(25)16-11-12-19(31-16)23(26)27/h5-6,9-12,14H,2-4,7-8,13H2,1H3,(H,21,24). The molecule has 0 unspecified atom stereocenters. The minimum atomic E-state index is -3.85. The smallest absolute Gasteiger partial charge is 0.349 e. The average molecular weight is 482 g/mol. The normalized spacial score (nSPS) is 14.8. The summed E-state index contributed by atoms with van der Waals surface area (Å²) < 4.78 is 32.6. The zero-order chi connectivity index (χ0) is 23.3. The molecule has 0 aliphatic heterocycles. The lowest BCUT2D eigenvalue weighted by Crippen LogP contribution is -2.38. The van der Waals surface area contributed by atoms with Crippen LogP contribution in [0.3, 0.4) is 0 Å². The van der Waals surface area contributed by atoms with Crippen molar-refractivity contribution in [3.63, 3.8) is 0 Å². The van der Waals surface area contributed by atoms with Crippen LogP contribution in [0, 0.1) is 10.1 Å². The number of rotatable bonds is 8. The number of thiophene rings is 1. The van der Waals surface area contributed by atoms with Crippen LogP contribution in [0.2, 0.25) is 0 Å². The zero-order valence-electron chi connectivity index (χ0n) is 17.4. The molecule has 1 N–H and O–H groups in total. The lowest BCUT2D eigenvalue weighted by molar-refractivity contribution is -0.380. The first-order valence-corrected chi connectivity index (χ1v) is 12.2. The maximum Gasteiger partial charge on any atom is 0.349 e. The minimum absolute atomic E-state index is 0.0124. The summed E-state index contributed by atoms with van der Waals surface area (Å²) >= 11 is 0.637. The first-order valence-electron chi connectivity index (χ1n) is 9.98. The largest absolute Gasteiger partial charge is 0.451 e. The van der Waals surface area contributed by atoms with Gasteiger partial charge in [-0.25, -0.2) is 13.2 Å². The maximum absolute atomic E-state index is 13.2. The monoisotopic (exact) mass is 481 g/mol. The Kier molecular flexibility index (Phi) is 7.59. The summed E-state index contributed by atoms with van der Waals surface area (Å²) in [7, 11) is -2.30. The van der Waals surface area contributed by atoms with Gasteiger partial charge in [0.05, 0.1) is 10.6 Å². The van der Waals surface area contributed by atoms with Crippen LogP contribution in [0.4, 0.5) is 10.7 Å². The topological polar surface area (TPSA) is 136 Å². The lowest BCUT2D eigenvalue weighted by atomic mass is 9.96. The molecule has 172 valence electrons. The number of hydrogen-bond acceptors (Lipinski definition) is 8. The third-order valence-electron chi connectivity index (χ3n) is 5.21. The molecule has 1 aliphatic rings. The van der Waals surface area contributed by atoms with Crippen LogP contribution in [0.15, 0.2) is 41.3 Å². The SMILES string of the molecule is CN(C1CCCCC1)S(=O)(=O)c1ccccc1NC(=O)COC(=O)c1ccc([N+](=O)[O-])s1. The van der Waals surface area contributed by atoms with Crippen molar-refractivity contribution in [1.29, 1.82) is 0 Å². The lowest BCUT2D eigenvalue weighted by Gasteiger charge is -2.30. The van der Waals surface area contributed by atoms with E-state index in [-0.39, 0.29) is 26.5 Å². The van der Waals surface area contributed by atoms with E-state index in [2.05, 4.69) is 5.32 Å². The van der Waals surface area contributed by atoms with E-state index < -0.39 is 33.4 Å². The summed E-state index contributed by atoms with van der Waals surface area (Å²) in [5, 5.41) is 13.0. The highest BCUT2D eigenvalue weighted by atomic mass is 32.2. The highest BCUT2D eigenvalue weighted by Gasteiger charge is 2.31. The fourth-order valence-corrected chi connectivity index (χ4v) is 5.79. The number of anilines is 1. The second-order valence-corrected chi connectivity index (χ2v) is 10.4. The molecule has 0 bridgehead atoms. The van der Waals surface area contributed by atoms with Crippen LogP contribution < -0.4 is 5.32 Å². The Bertz CT molecular complexity index is 1110. The number of esters is 1. The second kappa shape index (κ2) is 10.2. The van der Waals surface area contributed by atoms with Crippen molar-refractivity contribution in [2.24, 2.45) is 0 Å². The maximum atomic E-state index is 13.2. The van der Waals surface area contributed by atoms with Crippen LogP contribution in [0.25, 0.3) is 0 Å². The number of nitrogens with one attached hydrogen (secondary N) is 1. The number of carbonyl (C=O) groups is 2. The molecule has 10 nitrogen and oxygen atoms in total. The van der Waals surface area contributed by atoms with Gasteiger partial charge in [-0.15, -0.1) is 0 Å². The molecule has 1 heterocycles. The van der Waals surface area contributed by atoms with Crippen molar-refractivity contribution < 1.29 is 27.7 Å². The molecule has 1 aromatic heterocycles. The molecule has 1 aliphatic carbocycles. The molecule has 1 amide bonds. The molecule has 3 rings (SSSR count). The summed E-state index contributed by atoms with van der Waals surface area (Å²) in [5.74, 6) is -1.61. The molecular weight excluding hydrogens is 458 g/mol. The van der Waals surface area contributed by atoms with E-state index in [4.69, 9.17) is 4.74 Å². The summed E-state index contributed by atoms with van der Waals surface area (Å²) in [6.07, 6.45) is 4.63. The van der Waals surface area contributed by atoms with Crippen molar-refractivity contribution in [2.45, 2.75) is 43.0 Å². The van der Waals surface area contributed by atoms with Crippen LogP contribution in [0.5, 0.6) is 0 Å². The number of benzene rings is 1. The predicted octanol–water partition coefficient (Wildman–Crippen LogP) is 3.41. The molecule has 1 saturated carbocycles. The van der Waals surface area contributed by atoms with Gasteiger partial charge in [0.2, 0.25) is 10.0 Å². The van der Waals surface area contributed by atoms with Crippen LogP contribution in [-0.2, 0) is 19.6 Å². The number of nitro groups is 1. The highest BCUT2D eigenvalue weighted by molar-refractivity contribution is 7.89. The Balaban J connectivity index is 1.66. The zero-order valence-corrected chi connectivity index (χ0v) is 19.0. The van der Waals surface area contributed by atoms with Gasteiger partial charge < -0.3 is 10.1 Å². The number of ether oxygens (including phenoxy) is 1. The number of para-hydroxylation sites is 1.